The molecule has 3 saturated heterocycles. The Morgan fingerprint density at radius 3 is 2.70 bits per heavy atom. The average molecular weight is 390 g/mol. The predicted octanol–water partition coefficient (Wildman–Crippen LogP) is 2.33. The van der Waals surface area contributed by atoms with Crippen LogP contribution in [0.4, 0.5) is 0 Å². The summed E-state index contributed by atoms with van der Waals surface area (Å²) in [5.41, 5.74) is 0.760. The van der Waals surface area contributed by atoms with E-state index in [0.717, 1.165) is 44.5 Å². The number of piperidine rings is 1. The van der Waals surface area contributed by atoms with E-state index >= 15 is 0 Å². The number of nitrogens with one attached hydrogen (secondary N) is 1. The molecule has 3 aliphatic rings. The third-order valence-electron chi connectivity index (χ3n) is 6.66. The number of hydrogen-bond acceptors (Lipinski definition) is 3. The molecular weight excluding hydrogens is 362 g/mol. The third kappa shape index (κ3) is 3.47. The maximum absolute atomic E-state index is 12.7. The Morgan fingerprint density at radius 1 is 1.26 bits per heavy atom. The lowest BCUT2D eigenvalue weighted by Crippen LogP contribution is -2.56. The molecule has 0 radical (unpaired) electrons. The number of nitrogens with zero attached hydrogens (tertiary/aromatic N) is 2. The summed E-state index contributed by atoms with van der Waals surface area (Å²) >= 11 is 6.20. The molecule has 146 valence electrons. The first-order valence-corrected chi connectivity index (χ1v) is 10.5. The Bertz CT molecular complexity index is 730. The molecule has 2 amide bonds. The van der Waals surface area contributed by atoms with Gasteiger partial charge in [-0.05, 0) is 37.4 Å². The summed E-state index contributed by atoms with van der Waals surface area (Å²) in [4.78, 5) is 29.6. The second kappa shape index (κ2) is 7.44. The molecule has 0 bridgehead atoms. The van der Waals surface area contributed by atoms with Crippen molar-refractivity contribution in [3.05, 3.63) is 34.9 Å². The van der Waals surface area contributed by atoms with Crippen LogP contribution in [0.5, 0.6) is 0 Å². The lowest BCUT2D eigenvalue weighted by molar-refractivity contribution is -0.132. The van der Waals surface area contributed by atoms with E-state index < -0.39 is 0 Å². The van der Waals surface area contributed by atoms with Crippen molar-refractivity contribution in [1.82, 2.24) is 15.1 Å². The summed E-state index contributed by atoms with van der Waals surface area (Å²) in [5, 5.41) is 3.97. The SMILES string of the molecule is CCCN1C[C@H]2C(=O)NC3(CCN(C(=O)Cc4ccccc4Cl)CC3)[C@H]2C1. The quantitative estimate of drug-likeness (QED) is 0.859. The van der Waals surface area contributed by atoms with E-state index in [0.29, 0.717) is 30.5 Å². The summed E-state index contributed by atoms with van der Waals surface area (Å²) in [7, 11) is 0. The summed E-state index contributed by atoms with van der Waals surface area (Å²) < 4.78 is 0. The van der Waals surface area contributed by atoms with Gasteiger partial charge in [-0.25, -0.2) is 0 Å². The molecule has 4 rings (SSSR count). The van der Waals surface area contributed by atoms with Crippen molar-refractivity contribution in [1.29, 1.82) is 0 Å². The zero-order valence-corrected chi connectivity index (χ0v) is 16.7. The molecule has 27 heavy (non-hydrogen) atoms. The van der Waals surface area contributed by atoms with Crippen molar-refractivity contribution in [2.24, 2.45) is 11.8 Å². The summed E-state index contributed by atoms with van der Waals surface area (Å²) in [6.07, 6.45) is 3.18. The van der Waals surface area contributed by atoms with Gasteiger partial charge in [-0.1, -0.05) is 36.7 Å². The lowest BCUT2D eigenvalue weighted by Gasteiger charge is -2.43. The highest BCUT2D eigenvalue weighted by molar-refractivity contribution is 6.31. The highest BCUT2D eigenvalue weighted by Crippen LogP contribution is 2.44. The molecule has 3 fully saturated rings. The maximum Gasteiger partial charge on any atom is 0.227 e. The summed E-state index contributed by atoms with van der Waals surface area (Å²) in [6.45, 7) is 6.57. The van der Waals surface area contributed by atoms with Gasteiger partial charge >= 0.3 is 0 Å². The van der Waals surface area contributed by atoms with Crippen molar-refractivity contribution in [3.63, 3.8) is 0 Å². The second-order valence-electron chi connectivity index (χ2n) is 8.27. The number of likely N-dealkylation sites (tertiary alicyclic amines) is 2. The first-order valence-electron chi connectivity index (χ1n) is 10.1. The lowest BCUT2D eigenvalue weighted by atomic mass is 9.75. The van der Waals surface area contributed by atoms with Crippen molar-refractivity contribution < 1.29 is 9.59 Å². The fourth-order valence-corrected chi connectivity index (χ4v) is 5.41. The molecule has 1 aromatic carbocycles. The zero-order chi connectivity index (χ0) is 19.0. The predicted molar refractivity (Wildman–Crippen MR) is 106 cm³/mol. The molecule has 1 N–H and O–H groups in total. The second-order valence-corrected chi connectivity index (χ2v) is 8.67. The van der Waals surface area contributed by atoms with Gasteiger partial charge in [0, 0.05) is 42.7 Å². The molecule has 3 aliphatic heterocycles. The van der Waals surface area contributed by atoms with Gasteiger partial charge in [0.15, 0.2) is 0 Å². The van der Waals surface area contributed by atoms with Crippen LogP contribution < -0.4 is 5.32 Å². The number of carbonyl (C=O) groups excluding carboxylic acids is 2. The van der Waals surface area contributed by atoms with Crippen LogP contribution in [0.2, 0.25) is 5.02 Å². The van der Waals surface area contributed by atoms with E-state index in [2.05, 4.69) is 17.1 Å². The van der Waals surface area contributed by atoms with Gasteiger partial charge in [0.05, 0.1) is 12.3 Å². The van der Waals surface area contributed by atoms with E-state index in [4.69, 9.17) is 11.6 Å². The van der Waals surface area contributed by atoms with Gasteiger partial charge in [-0.15, -0.1) is 0 Å². The van der Waals surface area contributed by atoms with Crippen LogP contribution in [0.1, 0.15) is 31.7 Å². The van der Waals surface area contributed by atoms with Gasteiger partial charge in [0.2, 0.25) is 11.8 Å². The Morgan fingerprint density at radius 2 is 2.00 bits per heavy atom. The maximum atomic E-state index is 12.7. The Labute approximate surface area is 166 Å². The van der Waals surface area contributed by atoms with E-state index in [1.54, 1.807) is 0 Å². The first kappa shape index (κ1) is 18.8. The molecule has 1 aromatic rings. The normalized spacial score (nSPS) is 27.0. The average Bonchev–Trinajstić information content (AvgIpc) is 3.18. The highest BCUT2D eigenvalue weighted by atomic mass is 35.5. The number of fused-ring (bicyclic) bond motifs is 2. The first-order chi connectivity index (χ1) is 13.0. The Balaban J connectivity index is 1.39. The fraction of sp³-hybridized carbons (Fsp3) is 0.619. The number of halogens is 1. The largest absolute Gasteiger partial charge is 0.350 e. The van der Waals surface area contributed by atoms with E-state index in [9.17, 15) is 9.59 Å². The summed E-state index contributed by atoms with van der Waals surface area (Å²) in [5.74, 6) is 0.853. The van der Waals surface area contributed by atoms with Crippen molar-refractivity contribution in [2.75, 3.05) is 32.7 Å². The van der Waals surface area contributed by atoms with Crippen LogP contribution in [0.15, 0.2) is 24.3 Å². The molecule has 0 saturated carbocycles. The van der Waals surface area contributed by atoms with Crippen LogP contribution in [0, 0.1) is 11.8 Å². The number of hydrogen-bond donors (Lipinski definition) is 1. The van der Waals surface area contributed by atoms with Crippen LogP contribution in [0.25, 0.3) is 0 Å². The van der Waals surface area contributed by atoms with Crippen LogP contribution in [-0.2, 0) is 16.0 Å². The minimum absolute atomic E-state index is 0.120. The molecule has 2 atom stereocenters. The molecule has 5 nitrogen and oxygen atoms in total. The van der Waals surface area contributed by atoms with Gasteiger partial charge in [0.25, 0.3) is 0 Å². The molecule has 1 spiro atoms. The summed E-state index contributed by atoms with van der Waals surface area (Å²) in [6, 6.07) is 7.53. The number of carbonyl (C=O) groups is 2. The Hall–Kier alpha value is -1.59. The molecule has 6 heteroatoms. The molecule has 0 aliphatic carbocycles. The number of amides is 2. The zero-order valence-electron chi connectivity index (χ0n) is 15.9. The van der Waals surface area contributed by atoms with Crippen LogP contribution in [0.3, 0.4) is 0 Å². The van der Waals surface area contributed by atoms with E-state index in [-0.39, 0.29) is 23.3 Å². The van der Waals surface area contributed by atoms with Crippen LogP contribution in [-0.4, -0.2) is 59.9 Å². The number of rotatable bonds is 4. The van der Waals surface area contributed by atoms with E-state index in [1.165, 1.54) is 0 Å². The number of benzene rings is 1. The van der Waals surface area contributed by atoms with Crippen molar-refractivity contribution in [3.8, 4) is 0 Å². The standard InChI is InChI=1S/C21H28ClN3O2/c1-2-9-24-13-16-17(14-24)21(23-20(16)27)7-10-25(11-8-21)19(26)12-15-5-3-4-6-18(15)22/h3-6,16-17H,2,7-14H2,1H3,(H,23,27)/t16-,17+/m1/s1. The van der Waals surface area contributed by atoms with Crippen molar-refractivity contribution in [2.45, 2.75) is 38.1 Å². The smallest absolute Gasteiger partial charge is 0.227 e. The minimum atomic E-state index is -0.120. The van der Waals surface area contributed by atoms with Gasteiger partial charge < -0.3 is 15.1 Å². The van der Waals surface area contributed by atoms with Crippen LogP contribution >= 0.6 is 11.6 Å². The van der Waals surface area contributed by atoms with E-state index in [1.807, 2.05) is 29.2 Å². The molecule has 0 unspecified atom stereocenters. The monoisotopic (exact) mass is 389 g/mol. The van der Waals surface area contributed by atoms with Gasteiger partial charge in [-0.3, -0.25) is 9.59 Å². The third-order valence-corrected chi connectivity index (χ3v) is 7.03. The molecular formula is C21H28ClN3O2. The molecule has 0 aromatic heterocycles. The topological polar surface area (TPSA) is 52.7 Å². The van der Waals surface area contributed by atoms with Gasteiger partial charge in [-0.2, -0.15) is 0 Å². The molecule has 3 heterocycles. The fourth-order valence-electron chi connectivity index (χ4n) is 5.21. The minimum Gasteiger partial charge on any atom is -0.350 e. The Kier molecular flexibility index (Phi) is 5.17. The highest BCUT2D eigenvalue weighted by Gasteiger charge is 2.57. The van der Waals surface area contributed by atoms with Gasteiger partial charge in [0.1, 0.15) is 0 Å². The van der Waals surface area contributed by atoms with Crippen molar-refractivity contribution >= 4 is 23.4 Å².